The summed E-state index contributed by atoms with van der Waals surface area (Å²) in [6.07, 6.45) is 4.47. The SMILES string of the molecule is CCOC(=O)N(c1c(C(=O)c2cnn(C)c2)oc2ccc(Cl)nc12)C1CCOC(CC)C1. The van der Waals surface area contributed by atoms with Gasteiger partial charge in [-0.25, -0.2) is 9.78 Å². The molecule has 2 atom stereocenters. The summed E-state index contributed by atoms with van der Waals surface area (Å²) in [7, 11) is 1.72. The van der Waals surface area contributed by atoms with Crippen LogP contribution >= 0.6 is 11.6 Å². The third kappa shape index (κ3) is 4.22. The summed E-state index contributed by atoms with van der Waals surface area (Å²) in [6.45, 7) is 4.45. The number of aromatic nitrogens is 3. The van der Waals surface area contributed by atoms with Gasteiger partial charge in [0, 0.05) is 25.9 Å². The molecule has 32 heavy (non-hydrogen) atoms. The van der Waals surface area contributed by atoms with Gasteiger partial charge >= 0.3 is 6.09 Å². The first-order valence-corrected chi connectivity index (χ1v) is 11.0. The second kappa shape index (κ2) is 9.30. The Labute approximate surface area is 190 Å². The molecular weight excluding hydrogens is 436 g/mol. The topological polar surface area (TPSA) is 99.7 Å². The minimum absolute atomic E-state index is 0.00198. The molecule has 4 heterocycles. The van der Waals surface area contributed by atoms with Crippen molar-refractivity contribution in [2.24, 2.45) is 7.05 Å². The van der Waals surface area contributed by atoms with Crippen LogP contribution in [-0.4, -0.2) is 52.0 Å². The smallest absolute Gasteiger partial charge is 0.414 e. The molecule has 170 valence electrons. The Balaban J connectivity index is 1.90. The van der Waals surface area contributed by atoms with Gasteiger partial charge in [-0.1, -0.05) is 18.5 Å². The molecule has 0 aromatic carbocycles. The maximum atomic E-state index is 13.4. The number of amides is 1. The van der Waals surface area contributed by atoms with E-state index < -0.39 is 11.9 Å². The van der Waals surface area contributed by atoms with Crippen LogP contribution in [0.15, 0.2) is 28.9 Å². The van der Waals surface area contributed by atoms with Crippen LogP contribution in [0.25, 0.3) is 11.1 Å². The Bertz CT molecular complexity index is 1140. The van der Waals surface area contributed by atoms with Crippen LogP contribution in [0.4, 0.5) is 10.5 Å². The maximum Gasteiger partial charge on any atom is 0.414 e. The van der Waals surface area contributed by atoms with Crippen LogP contribution < -0.4 is 4.90 Å². The van der Waals surface area contributed by atoms with Gasteiger partial charge in [0.25, 0.3) is 0 Å². The van der Waals surface area contributed by atoms with Crippen molar-refractivity contribution in [3.05, 3.63) is 41.0 Å². The minimum atomic E-state index is -0.570. The Kier molecular flexibility index (Phi) is 6.48. The minimum Gasteiger partial charge on any atom is -0.449 e. The number of nitrogens with zero attached hydrogens (tertiary/aromatic N) is 4. The first-order chi connectivity index (χ1) is 15.4. The van der Waals surface area contributed by atoms with Crippen molar-refractivity contribution in [2.45, 2.75) is 45.3 Å². The summed E-state index contributed by atoms with van der Waals surface area (Å²) in [4.78, 5) is 32.5. The van der Waals surface area contributed by atoms with Crippen LogP contribution in [0.1, 0.15) is 49.2 Å². The maximum absolute atomic E-state index is 13.4. The van der Waals surface area contributed by atoms with E-state index in [-0.39, 0.29) is 35.4 Å². The summed E-state index contributed by atoms with van der Waals surface area (Å²) in [5.74, 6) is -0.411. The highest BCUT2D eigenvalue weighted by Gasteiger charge is 2.38. The zero-order chi connectivity index (χ0) is 22.8. The van der Waals surface area contributed by atoms with E-state index >= 15 is 0 Å². The fraction of sp³-hybridized carbons (Fsp3) is 0.455. The van der Waals surface area contributed by atoms with E-state index in [0.717, 1.165) is 6.42 Å². The van der Waals surface area contributed by atoms with Crippen molar-refractivity contribution < 1.29 is 23.5 Å². The molecule has 0 N–H and O–H groups in total. The molecular formula is C22H25ClN4O5. The number of aryl methyl sites for hydroxylation is 1. The molecule has 9 nitrogen and oxygen atoms in total. The van der Waals surface area contributed by atoms with Gasteiger partial charge in [-0.15, -0.1) is 0 Å². The number of carbonyl (C=O) groups is 2. The first-order valence-electron chi connectivity index (χ1n) is 10.6. The largest absolute Gasteiger partial charge is 0.449 e. The molecule has 3 aromatic rings. The van der Waals surface area contributed by atoms with E-state index in [1.165, 1.54) is 15.8 Å². The Morgan fingerprint density at radius 2 is 2.16 bits per heavy atom. The predicted molar refractivity (Wildman–Crippen MR) is 118 cm³/mol. The summed E-state index contributed by atoms with van der Waals surface area (Å²) in [6, 6.07) is 2.96. The number of hydrogen-bond acceptors (Lipinski definition) is 7. The quantitative estimate of drug-likeness (QED) is 0.397. The molecule has 3 aromatic heterocycles. The first kappa shape index (κ1) is 22.3. The fourth-order valence-electron chi connectivity index (χ4n) is 3.98. The van der Waals surface area contributed by atoms with Gasteiger partial charge in [0.05, 0.1) is 24.5 Å². The van der Waals surface area contributed by atoms with Crippen LogP contribution in [0, 0.1) is 0 Å². The van der Waals surface area contributed by atoms with Crippen LogP contribution in [-0.2, 0) is 16.5 Å². The molecule has 0 spiro atoms. The molecule has 1 fully saturated rings. The average molecular weight is 461 g/mol. The lowest BCUT2D eigenvalue weighted by atomic mass is 9.99. The molecule has 0 aliphatic carbocycles. The van der Waals surface area contributed by atoms with E-state index in [4.69, 9.17) is 25.5 Å². The average Bonchev–Trinajstić information content (AvgIpc) is 3.38. The van der Waals surface area contributed by atoms with E-state index in [1.807, 2.05) is 6.92 Å². The number of furan rings is 1. The van der Waals surface area contributed by atoms with E-state index in [0.29, 0.717) is 36.1 Å². The van der Waals surface area contributed by atoms with Gasteiger partial charge in [-0.3, -0.25) is 14.4 Å². The molecule has 1 amide bonds. The second-order valence-corrected chi connectivity index (χ2v) is 8.03. The summed E-state index contributed by atoms with van der Waals surface area (Å²) < 4.78 is 18.7. The molecule has 2 unspecified atom stereocenters. The summed E-state index contributed by atoms with van der Waals surface area (Å²) in [5.41, 5.74) is 1.28. The molecule has 0 bridgehead atoms. The van der Waals surface area contributed by atoms with Crippen LogP contribution in [0.3, 0.4) is 0 Å². The van der Waals surface area contributed by atoms with E-state index in [2.05, 4.69) is 10.1 Å². The Morgan fingerprint density at radius 3 is 2.84 bits per heavy atom. The van der Waals surface area contributed by atoms with Gasteiger partial charge in [0.1, 0.15) is 16.4 Å². The van der Waals surface area contributed by atoms with Crippen LogP contribution in [0.5, 0.6) is 0 Å². The van der Waals surface area contributed by atoms with Gasteiger partial charge in [-0.05, 0) is 38.3 Å². The molecule has 1 aliphatic rings. The van der Waals surface area contributed by atoms with Crippen molar-refractivity contribution >= 4 is 40.3 Å². The molecule has 0 radical (unpaired) electrons. The van der Waals surface area contributed by atoms with Crippen molar-refractivity contribution in [2.75, 3.05) is 18.1 Å². The number of ketones is 1. The van der Waals surface area contributed by atoms with Crippen molar-refractivity contribution in [3.8, 4) is 0 Å². The lowest BCUT2D eigenvalue weighted by molar-refractivity contribution is 0.00467. The number of halogens is 1. The second-order valence-electron chi connectivity index (χ2n) is 7.64. The van der Waals surface area contributed by atoms with Crippen molar-refractivity contribution in [3.63, 3.8) is 0 Å². The number of carbonyl (C=O) groups excluding carboxylic acids is 2. The standard InChI is InChI=1S/C22H25ClN4O5/c1-4-15-10-14(8-9-31-15)27(22(29)30-5-2)19-18-16(6-7-17(23)25-18)32-21(19)20(28)13-11-24-26(3)12-13/h6-7,11-12,14-15H,4-5,8-10H2,1-3H3. The van der Waals surface area contributed by atoms with Crippen molar-refractivity contribution in [1.29, 1.82) is 0 Å². The zero-order valence-electron chi connectivity index (χ0n) is 18.2. The number of hydrogen-bond donors (Lipinski definition) is 0. The Morgan fingerprint density at radius 1 is 1.34 bits per heavy atom. The molecule has 10 heteroatoms. The third-order valence-electron chi connectivity index (χ3n) is 5.51. The van der Waals surface area contributed by atoms with Crippen LogP contribution in [0.2, 0.25) is 5.15 Å². The highest BCUT2D eigenvalue weighted by atomic mass is 35.5. The zero-order valence-corrected chi connectivity index (χ0v) is 19.0. The number of ether oxygens (including phenoxy) is 2. The van der Waals surface area contributed by atoms with Gasteiger partial charge in [0.2, 0.25) is 11.5 Å². The predicted octanol–water partition coefficient (Wildman–Crippen LogP) is 4.37. The lowest BCUT2D eigenvalue weighted by Crippen LogP contribution is -2.46. The summed E-state index contributed by atoms with van der Waals surface area (Å²) in [5, 5.41) is 4.30. The Hall–Kier alpha value is -2.91. The lowest BCUT2D eigenvalue weighted by Gasteiger charge is -2.36. The third-order valence-corrected chi connectivity index (χ3v) is 5.72. The highest BCUT2D eigenvalue weighted by Crippen LogP contribution is 2.38. The van der Waals surface area contributed by atoms with Crippen molar-refractivity contribution in [1.82, 2.24) is 14.8 Å². The molecule has 0 saturated carbocycles. The monoisotopic (exact) mass is 460 g/mol. The number of pyridine rings is 1. The summed E-state index contributed by atoms with van der Waals surface area (Å²) >= 11 is 6.17. The number of anilines is 1. The normalized spacial score (nSPS) is 18.6. The molecule has 1 aliphatic heterocycles. The van der Waals surface area contributed by atoms with E-state index in [9.17, 15) is 9.59 Å². The fourth-order valence-corrected chi connectivity index (χ4v) is 4.13. The molecule has 4 rings (SSSR count). The van der Waals surface area contributed by atoms with Gasteiger partial charge < -0.3 is 13.9 Å². The number of fused-ring (bicyclic) bond motifs is 1. The number of rotatable bonds is 6. The van der Waals surface area contributed by atoms with Gasteiger partial charge in [-0.2, -0.15) is 5.10 Å². The van der Waals surface area contributed by atoms with Gasteiger partial charge in [0.15, 0.2) is 5.58 Å². The van der Waals surface area contributed by atoms with E-state index in [1.54, 1.807) is 32.3 Å². The molecule has 1 saturated heterocycles. The highest BCUT2D eigenvalue weighted by molar-refractivity contribution is 6.30.